The van der Waals surface area contributed by atoms with E-state index in [4.69, 9.17) is 25.9 Å². The van der Waals surface area contributed by atoms with Crippen LogP contribution in [0.4, 0.5) is 17.5 Å². The van der Waals surface area contributed by atoms with Crippen molar-refractivity contribution in [1.29, 1.82) is 0 Å². The van der Waals surface area contributed by atoms with Crippen LogP contribution in [0.2, 0.25) is 5.02 Å². The van der Waals surface area contributed by atoms with Crippen molar-refractivity contribution in [2.24, 2.45) is 0 Å². The largest absolute Gasteiger partial charge is 0.349 e. The first-order chi connectivity index (χ1) is 15.9. The highest BCUT2D eigenvalue weighted by atomic mass is 35.5. The van der Waals surface area contributed by atoms with Crippen molar-refractivity contribution < 1.29 is 28.3 Å². The summed E-state index contributed by atoms with van der Waals surface area (Å²) in [5.74, 6) is -0.600. The van der Waals surface area contributed by atoms with Gasteiger partial charge in [-0.3, -0.25) is 9.13 Å². The molecule has 15 heteroatoms. The molecule has 34 heavy (non-hydrogen) atoms. The molecule has 2 aromatic heterocycles. The van der Waals surface area contributed by atoms with Crippen LogP contribution < -0.4 is 10.6 Å². The van der Waals surface area contributed by atoms with Gasteiger partial charge in [0.05, 0.1) is 19.0 Å². The molecular weight excluding hydrogens is 506 g/mol. The summed E-state index contributed by atoms with van der Waals surface area (Å²) in [4.78, 5) is 41.2. The Labute approximate surface area is 201 Å². The van der Waals surface area contributed by atoms with Crippen molar-refractivity contribution in [3.05, 3.63) is 35.6 Å². The molecule has 3 rings (SSSR count). The Balaban J connectivity index is 1.89. The number of nitrogens with one attached hydrogen (secondary N) is 2. The molecule has 3 aromatic rings. The van der Waals surface area contributed by atoms with E-state index in [0.717, 1.165) is 0 Å². The van der Waals surface area contributed by atoms with E-state index in [1.54, 1.807) is 24.5 Å². The zero-order chi connectivity index (χ0) is 25.1. The molecular formula is C19H27ClN6O6P2. The molecule has 0 spiro atoms. The normalized spacial score (nSPS) is 14.8. The van der Waals surface area contributed by atoms with E-state index >= 15 is 0 Å². The lowest BCUT2D eigenvalue weighted by Crippen LogP contribution is -2.26. The molecule has 0 aliphatic rings. The van der Waals surface area contributed by atoms with Crippen LogP contribution in [0.5, 0.6) is 0 Å². The molecule has 186 valence electrons. The van der Waals surface area contributed by atoms with E-state index in [0.29, 0.717) is 34.1 Å². The molecule has 1 aromatic carbocycles. The van der Waals surface area contributed by atoms with Gasteiger partial charge in [-0.1, -0.05) is 24.6 Å². The fourth-order valence-corrected chi connectivity index (χ4v) is 5.87. The molecule has 0 radical (unpaired) electrons. The first kappa shape index (κ1) is 26.6. The highest BCUT2D eigenvalue weighted by molar-refractivity contribution is 7.70. The minimum Gasteiger partial charge on any atom is -0.349 e. The fourth-order valence-electron chi connectivity index (χ4n) is 3.07. The lowest BCUT2D eigenvalue weighted by atomic mass is 10.2. The van der Waals surface area contributed by atoms with E-state index in [1.165, 1.54) is 0 Å². The van der Waals surface area contributed by atoms with Gasteiger partial charge in [-0.15, -0.1) is 0 Å². The van der Waals surface area contributed by atoms with Gasteiger partial charge in [0.1, 0.15) is 0 Å². The summed E-state index contributed by atoms with van der Waals surface area (Å²) < 4.78 is 29.9. The lowest BCUT2D eigenvalue weighted by molar-refractivity contribution is 0.246. The molecule has 0 amide bonds. The van der Waals surface area contributed by atoms with Crippen molar-refractivity contribution in [3.63, 3.8) is 0 Å². The van der Waals surface area contributed by atoms with E-state index in [-0.39, 0.29) is 18.6 Å². The Bertz CT molecular complexity index is 1250. The molecule has 12 nitrogen and oxygen atoms in total. The number of rotatable bonds is 11. The van der Waals surface area contributed by atoms with E-state index in [2.05, 4.69) is 25.6 Å². The molecule has 2 heterocycles. The lowest BCUT2D eigenvalue weighted by Gasteiger charge is -2.20. The first-order valence-electron chi connectivity index (χ1n) is 10.4. The smallest absolute Gasteiger partial charge is 0.340 e. The summed E-state index contributed by atoms with van der Waals surface area (Å²) in [5.41, 5.74) is 1.82. The van der Waals surface area contributed by atoms with Crippen LogP contribution in [0.1, 0.15) is 33.2 Å². The number of hydrogen-bond donors (Lipinski definition) is 5. The minimum atomic E-state index is -4.71. The molecule has 0 aliphatic carbocycles. The Kier molecular flexibility index (Phi) is 8.36. The maximum atomic E-state index is 12.0. The third kappa shape index (κ3) is 7.23. The number of imidazole rings is 1. The quantitative estimate of drug-likeness (QED) is 0.222. The number of halogens is 1. The Morgan fingerprint density at radius 2 is 1.94 bits per heavy atom. The van der Waals surface area contributed by atoms with Gasteiger partial charge in [-0.2, -0.15) is 9.97 Å². The van der Waals surface area contributed by atoms with Gasteiger partial charge in [0, 0.05) is 16.8 Å². The molecule has 2 atom stereocenters. The first-order valence-corrected chi connectivity index (χ1v) is 14.4. The van der Waals surface area contributed by atoms with Crippen LogP contribution in [-0.4, -0.2) is 52.8 Å². The van der Waals surface area contributed by atoms with Gasteiger partial charge in [0.2, 0.25) is 5.95 Å². The van der Waals surface area contributed by atoms with Crippen molar-refractivity contribution in [2.45, 2.75) is 39.3 Å². The second-order valence-corrected chi connectivity index (χ2v) is 12.4. The van der Waals surface area contributed by atoms with Gasteiger partial charge < -0.3 is 34.4 Å². The second kappa shape index (κ2) is 10.7. The van der Waals surface area contributed by atoms with Crippen LogP contribution in [0, 0.1) is 0 Å². The third-order valence-electron chi connectivity index (χ3n) is 4.73. The van der Waals surface area contributed by atoms with Gasteiger partial charge in [0.15, 0.2) is 22.9 Å². The Morgan fingerprint density at radius 1 is 1.21 bits per heavy atom. The zero-order valence-corrected chi connectivity index (χ0v) is 21.3. The minimum absolute atomic E-state index is 0.0741. The summed E-state index contributed by atoms with van der Waals surface area (Å²) in [6, 6.07) is 6.68. The average Bonchev–Trinajstić information content (AvgIpc) is 3.14. The summed E-state index contributed by atoms with van der Waals surface area (Å²) in [6.45, 7) is 5.51. The molecule has 2 unspecified atom stereocenters. The summed E-state index contributed by atoms with van der Waals surface area (Å²) in [5, 5.41) is 6.82. The van der Waals surface area contributed by atoms with E-state index in [9.17, 15) is 14.0 Å². The van der Waals surface area contributed by atoms with Crippen molar-refractivity contribution in [2.75, 3.05) is 23.1 Å². The van der Waals surface area contributed by atoms with Crippen LogP contribution in [0.25, 0.3) is 11.2 Å². The van der Waals surface area contributed by atoms with Gasteiger partial charge in [0.25, 0.3) is 0 Å². The summed E-state index contributed by atoms with van der Waals surface area (Å²) in [7, 11) is -9.19. The SMILES string of the molecule is CCC(COP(=O)(O)CP(=O)(O)O)Nc1nc(Nc2cccc(Cl)c2)c2ncn(C(C)C)c2n1. The predicted octanol–water partition coefficient (Wildman–Crippen LogP) is 4.33. The van der Waals surface area contributed by atoms with Gasteiger partial charge >= 0.3 is 15.2 Å². The maximum Gasteiger partial charge on any atom is 0.340 e. The molecule has 0 aliphatic heterocycles. The number of fused-ring (bicyclic) bond motifs is 1. The maximum absolute atomic E-state index is 12.0. The van der Waals surface area contributed by atoms with Crippen molar-refractivity contribution in [1.82, 2.24) is 19.5 Å². The average molecular weight is 533 g/mol. The molecule has 0 fully saturated rings. The monoisotopic (exact) mass is 532 g/mol. The summed E-state index contributed by atoms with van der Waals surface area (Å²) >= 11 is 6.09. The van der Waals surface area contributed by atoms with E-state index < -0.39 is 27.1 Å². The Morgan fingerprint density at radius 3 is 2.56 bits per heavy atom. The van der Waals surface area contributed by atoms with E-state index in [1.807, 2.05) is 31.4 Å². The number of nitrogens with zero attached hydrogens (tertiary/aromatic N) is 4. The van der Waals surface area contributed by atoms with Crippen molar-refractivity contribution in [3.8, 4) is 0 Å². The molecule has 5 N–H and O–H groups in total. The Hall–Kier alpha value is -2.04. The van der Waals surface area contributed by atoms with Gasteiger partial charge in [-0.05, 0) is 38.5 Å². The van der Waals surface area contributed by atoms with Crippen LogP contribution in [0.15, 0.2) is 30.6 Å². The fraction of sp³-hybridized carbons (Fsp3) is 0.421. The van der Waals surface area contributed by atoms with Crippen LogP contribution in [0.3, 0.4) is 0 Å². The molecule has 0 saturated carbocycles. The zero-order valence-electron chi connectivity index (χ0n) is 18.8. The third-order valence-corrected chi connectivity index (χ3v) is 8.42. The topological polar surface area (TPSA) is 172 Å². The number of anilines is 3. The van der Waals surface area contributed by atoms with Crippen molar-refractivity contribution >= 4 is 55.4 Å². The predicted molar refractivity (Wildman–Crippen MR) is 131 cm³/mol. The number of aromatic nitrogens is 4. The highest BCUT2D eigenvalue weighted by Crippen LogP contribution is 2.55. The number of benzene rings is 1. The summed E-state index contributed by atoms with van der Waals surface area (Å²) in [6.07, 6.45) is 2.12. The number of hydrogen-bond acceptors (Lipinski definition) is 8. The molecule has 0 saturated heterocycles. The van der Waals surface area contributed by atoms with Crippen LogP contribution in [-0.2, 0) is 13.7 Å². The molecule has 0 bridgehead atoms. The highest BCUT2D eigenvalue weighted by Gasteiger charge is 2.31. The standard InChI is InChI=1S/C19H27ClN6O6P2/c1-4-14(9-32-34(30,31)11-33(27,28)29)23-19-24-17(22-15-7-5-6-13(20)8-15)16-18(25-19)26(10-21-16)12(2)3/h5-8,10,12,14H,4,9,11H2,1-3H3,(H,30,31)(H2,27,28,29)(H2,22,23,24,25). The second-order valence-electron chi connectivity index (χ2n) is 7.94. The van der Waals surface area contributed by atoms with Gasteiger partial charge in [-0.25, -0.2) is 4.98 Å². The van der Waals surface area contributed by atoms with Crippen LogP contribution >= 0.6 is 26.8 Å².